The van der Waals surface area contributed by atoms with Crippen LogP contribution >= 0.6 is 11.6 Å². The number of hydrogen-bond donors (Lipinski definition) is 3. The molecule has 3 rings (SSSR count). The number of amides is 1. The molecule has 3 N–H and O–H groups in total. The maximum atomic E-state index is 11.9. The van der Waals surface area contributed by atoms with Gasteiger partial charge in [0.05, 0.1) is 5.69 Å². The van der Waals surface area contributed by atoms with Crippen LogP contribution in [0.1, 0.15) is 34.9 Å². The van der Waals surface area contributed by atoms with E-state index in [1.54, 1.807) is 24.3 Å². The number of hydrogen-bond acceptors (Lipinski definition) is 3. The topological polar surface area (TPSA) is 69.8 Å². The number of hydrazine groups is 1. The molecule has 5 nitrogen and oxygen atoms in total. The molecule has 1 aromatic heterocycles. The fourth-order valence-corrected chi connectivity index (χ4v) is 2.01. The Morgan fingerprint density at radius 1 is 1.37 bits per heavy atom. The number of halogens is 1. The summed E-state index contributed by atoms with van der Waals surface area (Å²) in [5.41, 5.74) is 7.53. The van der Waals surface area contributed by atoms with Crippen molar-refractivity contribution in [2.24, 2.45) is 0 Å². The zero-order chi connectivity index (χ0) is 13.2. The van der Waals surface area contributed by atoms with Gasteiger partial charge in [0.15, 0.2) is 5.69 Å². The quantitative estimate of drug-likeness (QED) is 0.752. The van der Waals surface area contributed by atoms with Crippen LogP contribution in [0.3, 0.4) is 0 Å². The molecule has 6 heteroatoms. The molecule has 0 radical (unpaired) electrons. The van der Waals surface area contributed by atoms with Gasteiger partial charge in [-0.05, 0) is 37.1 Å². The number of rotatable bonds is 4. The molecule has 1 aliphatic carbocycles. The first kappa shape index (κ1) is 12.0. The number of anilines is 1. The average molecular weight is 277 g/mol. The molecule has 98 valence electrons. The van der Waals surface area contributed by atoms with Crippen LogP contribution in [0.25, 0.3) is 0 Å². The normalized spacial score (nSPS) is 14.2. The molecule has 0 atom stereocenters. The van der Waals surface area contributed by atoms with Crippen molar-refractivity contribution >= 4 is 23.2 Å². The number of carbonyl (C=O) groups is 1. The summed E-state index contributed by atoms with van der Waals surface area (Å²) in [5, 5.41) is 7.51. The highest BCUT2D eigenvalue weighted by atomic mass is 35.5. The van der Waals surface area contributed by atoms with Gasteiger partial charge in [0, 0.05) is 16.6 Å². The molecule has 0 unspecified atom stereocenters. The molecule has 1 aromatic carbocycles. The van der Waals surface area contributed by atoms with E-state index < -0.39 is 0 Å². The van der Waals surface area contributed by atoms with E-state index >= 15 is 0 Å². The van der Waals surface area contributed by atoms with Gasteiger partial charge in [0.1, 0.15) is 0 Å². The van der Waals surface area contributed by atoms with Crippen LogP contribution in [-0.2, 0) is 0 Å². The van der Waals surface area contributed by atoms with Crippen molar-refractivity contribution in [2.45, 2.75) is 18.8 Å². The molecule has 0 saturated heterocycles. The van der Waals surface area contributed by atoms with Gasteiger partial charge < -0.3 is 0 Å². The molecule has 0 bridgehead atoms. The molecule has 19 heavy (non-hydrogen) atoms. The summed E-state index contributed by atoms with van der Waals surface area (Å²) in [4.78, 5) is 11.9. The predicted molar refractivity (Wildman–Crippen MR) is 73.1 cm³/mol. The van der Waals surface area contributed by atoms with Gasteiger partial charge in [-0.1, -0.05) is 17.7 Å². The van der Waals surface area contributed by atoms with E-state index in [0.29, 0.717) is 16.6 Å². The number of benzene rings is 1. The van der Waals surface area contributed by atoms with Crippen LogP contribution in [-0.4, -0.2) is 16.1 Å². The highest BCUT2D eigenvalue weighted by molar-refractivity contribution is 6.30. The van der Waals surface area contributed by atoms with Gasteiger partial charge in [-0.2, -0.15) is 5.10 Å². The Hall–Kier alpha value is -2.01. The second-order valence-corrected chi connectivity index (χ2v) is 5.01. The lowest BCUT2D eigenvalue weighted by molar-refractivity contribution is 0.0957. The lowest BCUT2D eigenvalue weighted by Gasteiger charge is -2.06. The first-order chi connectivity index (χ1) is 9.22. The Morgan fingerprint density at radius 2 is 2.21 bits per heavy atom. The fraction of sp³-hybridized carbons (Fsp3) is 0.231. The summed E-state index contributed by atoms with van der Waals surface area (Å²) >= 11 is 5.85. The molecule has 1 heterocycles. The van der Waals surface area contributed by atoms with Crippen LogP contribution in [0.2, 0.25) is 5.02 Å². The fourth-order valence-electron chi connectivity index (χ4n) is 1.82. The summed E-state index contributed by atoms with van der Waals surface area (Å²) in [6, 6.07) is 8.90. The first-order valence-electron chi connectivity index (χ1n) is 6.09. The highest BCUT2D eigenvalue weighted by Crippen LogP contribution is 2.38. The van der Waals surface area contributed by atoms with Crippen molar-refractivity contribution in [3.05, 3.63) is 46.7 Å². The summed E-state index contributed by atoms with van der Waals surface area (Å²) < 4.78 is 0. The molecule has 1 fully saturated rings. The summed E-state index contributed by atoms with van der Waals surface area (Å²) in [5.74, 6) is 0.276. The van der Waals surface area contributed by atoms with E-state index in [1.165, 1.54) is 12.8 Å². The van der Waals surface area contributed by atoms with E-state index in [2.05, 4.69) is 21.0 Å². The third-order valence-electron chi connectivity index (χ3n) is 2.99. The Bertz CT molecular complexity index is 606. The van der Waals surface area contributed by atoms with Crippen molar-refractivity contribution in [1.29, 1.82) is 0 Å². The monoisotopic (exact) mass is 276 g/mol. The smallest absolute Gasteiger partial charge is 0.290 e. The van der Waals surface area contributed by atoms with E-state index in [0.717, 1.165) is 11.4 Å². The molecule has 0 spiro atoms. The van der Waals surface area contributed by atoms with Gasteiger partial charge in [0.2, 0.25) is 0 Å². The third-order valence-corrected chi connectivity index (χ3v) is 3.23. The van der Waals surface area contributed by atoms with Crippen molar-refractivity contribution in [3.63, 3.8) is 0 Å². The van der Waals surface area contributed by atoms with Crippen molar-refractivity contribution < 1.29 is 4.79 Å². The number of aromatic amines is 1. The van der Waals surface area contributed by atoms with Crippen molar-refractivity contribution in [1.82, 2.24) is 15.6 Å². The second-order valence-electron chi connectivity index (χ2n) is 4.57. The number of aromatic nitrogens is 2. The van der Waals surface area contributed by atoms with E-state index in [9.17, 15) is 4.79 Å². The number of carbonyl (C=O) groups excluding carboxylic acids is 1. The molecule has 1 aliphatic rings. The molecular weight excluding hydrogens is 264 g/mol. The molecule has 2 aromatic rings. The van der Waals surface area contributed by atoms with Crippen molar-refractivity contribution in [2.75, 3.05) is 5.43 Å². The van der Waals surface area contributed by atoms with E-state index in [4.69, 9.17) is 11.6 Å². The Labute approximate surface area is 115 Å². The van der Waals surface area contributed by atoms with Gasteiger partial charge in [-0.15, -0.1) is 0 Å². The maximum Gasteiger partial charge on any atom is 0.290 e. The molecule has 1 amide bonds. The standard InChI is InChI=1S/C13H13ClN4O/c14-9-2-1-3-10(6-9)15-18-13(19)12-7-11(16-17-12)8-4-5-8/h1-3,6-8,15H,4-5H2,(H,16,17)(H,18,19). The van der Waals surface area contributed by atoms with Crippen LogP contribution in [0.4, 0.5) is 5.69 Å². The second kappa shape index (κ2) is 4.93. The molecular formula is C13H13ClN4O. The molecule has 1 saturated carbocycles. The SMILES string of the molecule is O=C(NNc1cccc(Cl)c1)c1cc(C2CC2)[nH]n1. The van der Waals surface area contributed by atoms with Gasteiger partial charge >= 0.3 is 0 Å². The zero-order valence-electron chi connectivity index (χ0n) is 10.1. The van der Waals surface area contributed by atoms with Crippen LogP contribution < -0.4 is 10.9 Å². The van der Waals surface area contributed by atoms with Crippen molar-refractivity contribution in [3.8, 4) is 0 Å². The minimum absolute atomic E-state index is 0.275. The van der Waals surface area contributed by atoms with Crippen LogP contribution in [0.15, 0.2) is 30.3 Å². The Morgan fingerprint density at radius 3 is 2.95 bits per heavy atom. The van der Waals surface area contributed by atoms with Crippen LogP contribution in [0.5, 0.6) is 0 Å². The number of nitrogens with one attached hydrogen (secondary N) is 3. The van der Waals surface area contributed by atoms with Gasteiger partial charge in [-0.3, -0.25) is 20.7 Å². The zero-order valence-corrected chi connectivity index (χ0v) is 10.9. The average Bonchev–Trinajstić information content (AvgIpc) is 3.14. The maximum absolute atomic E-state index is 11.9. The van der Waals surface area contributed by atoms with E-state index in [1.807, 2.05) is 6.07 Å². The summed E-state index contributed by atoms with van der Waals surface area (Å²) in [7, 11) is 0. The lowest BCUT2D eigenvalue weighted by atomic mass is 10.2. The van der Waals surface area contributed by atoms with Crippen LogP contribution in [0, 0.1) is 0 Å². The number of nitrogens with zero attached hydrogens (tertiary/aromatic N) is 1. The largest absolute Gasteiger partial charge is 0.298 e. The highest BCUT2D eigenvalue weighted by Gasteiger charge is 2.26. The Kier molecular flexibility index (Phi) is 3.13. The summed E-state index contributed by atoms with van der Waals surface area (Å²) in [6.07, 6.45) is 2.34. The van der Waals surface area contributed by atoms with E-state index in [-0.39, 0.29) is 5.91 Å². The summed E-state index contributed by atoms with van der Waals surface area (Å²) in [6.45, 7) is 0. The third kappa shape index (κ3) is 2.88. The first-order valence-corrected chi connectivity index (χ1v) is 6.47. The molecule has 0 aliphatic heterocycles. The lowest BCUT2D eigenvalue weighted by Crippen LogP contribution is -2.29. The number of H-pyrrole nitrogens is 1. The van der Waals surface area contributed by atoms with Gasteiger partial charge in [-0.25, -0.2) is 0 Å². The minimum Gasteiger partial charge on any atom is -0.298 e. The Balaban J connectivity index is 1.61. The minimum atomic E-state index is -0.275. The van der Waals surface area contributed by atoms with Gasteiger partial charge in [0.25, 0.3) is 5.91 Å². The predicted octanol–water partition coefficient (Wildman–Crippen LogP) is 2.70.